The van der Waals surface area contributed by atoms with Gasteiger partial charge in [0.15, 0.2) is 0 Å². The minimum atomic E-state index is -0.926. The van der Waals surface area contributed by atoms with Gasteiger partial charge in [0.1, 0.15) is 0 Å². The van der Waals surface area contributed by atoms with Crippen molar-refractivity contribution in [1.82, 2.24) is 10.2 Å². The number of aliphatic carboxylic acids is 1. The van der Waals surface area contributed by atoms with Crippen molar-refractivity contribution in [3.05, 3.63) is 34.9 Å². The number of carboxylic acid groups (broad SMARTS) is 1. The number of carbonyl (C=O) groups is 2. The lowest BCUT2D eigenvalue weighted by molar-refractivity contribution is -0.137. The van der Waals surface area contributed by atoms with Gasteiger partial charge in [-0.3, -0.25) is 4.79 Å². The molecule has 0 fully saturated rings. The van der Waals surface area contributed by atoms with E-state index in [1.807, 2.05) is 19.1 Å². The normalized spacial score (nSPS) is 11.7. The van der Waals surface area contributed by atoms with E-state index in [0.29, 0.717) is 5.02 Å². The van der Waals surface area contributed by atoms with E-state index in [9.17, 15) is 9.59 Å². The summed E-state index contributed by atoms with van der Waals surface area (Å²) in [6.07, 6.45) is -0.0702. The van der Waals surface area contributed by atoms with E-state index >= 15 is 0 Å². The minimum absolute atomic E-state index is 0.0702. The molecule has 0 unspecified atom stereocenters. The Morgan fingerprint density at radius 1 is 1.37 bits per heavy atom. The highest BCUT2D eigenvalue weighted by molar-refractivity contribution is 6.30. The molecular weight excluding hydrogens is 268 g/mol. The van der Waals surface area contributed by atoms with Crippen molar-refractivity contribution < 1.29 is 14.7 Å². The molecule has 0 saturated carbocycles. The number of amides is 2. The van der Waals surface area contributed by atoms with Gasteiger partial charge in [-0.1, -0.05) is 23.7 Å². The van der Waals surface area contributed by atoms with Crippen LogP contribution in [0.15, 0.2) is 24.3 Å². The van der Waals surface area contributed by atoms with Crippen LogP contribution in [0, 0.1) is 0 Å². The van der Waals surface area contributed by atoms with Crippen LogP contribution < -0.4 is 5.32 Å². The van der Waals surface area contributed by atoms with Crippen molar-refractivity contribution >= 4 is 23.6 Å². The predicted molar refractivity (Wildman–Crippen MR) is 73.3 cm³/mol. The highest BCUT2D eigenvalue weighted by Crippen LogP contribution is 2.16. The molecule has 1 rings (SSSR count). The van der Waals surface area contributed by atoms with Gasteiger partial charge in [-0.15, -0.1) is 0 Å². The zero-order chi connectivity index (χ0) is 14.4. The highest BCUT2D eigenvalue weighted by Gasteiger charge is 2.13. The number of nitrogens with zero attached hydrogens (tertiary/aromatic N) is 1. The smallest absolute Gasteiger partial charge is 0.317 e. The third-order valence-electron chi connectivity index (χ3n) is 2.72. The van der Waals surface area contributed by atoms with Gasteiger partial charge in [-0.2, -0.15) is 0 Å². The molecule has 0 aliphatic carbocycles. The number of hydrogen-bond donors (Lipinski definition) is 2. The van der Waals surface area contributed by atoms with Gasteiger partial charge >= 0.3 is 12.0 Å². The quantitative estimate of drug-likeness (QED) is 0.873. The lowest BCUT2D eigenvalue weighted by atomic mass is 10.1. The fraction of sp³-hybridized carbons (Fsp3) is 0.385. The van der Waals surface area contributed by atoms with Crippen molar-refractivity contribution in [1.29, 1.82) is 0 Å². The van der Waals surface area contributed by atoms with Gasteiger partial charge in [-0.05, 0) is 24.6 Å². The lowest BCUT2D eigenvalue weighted by Gasteiger charge is -2.21. The Morgan fingerprint density at radius 3 is 2.47 bits per heavy atom. The average molecular weight is 285 g/mol. The molecule has 5 nitrogen and oxygen atoms in total. The topological polar surface area (TPSA) is 69.6 Å². The third-order valence-corrected chi connectivity index (χ3v) is 2.97. The van der Waals surface area contributed by atoms with Crippen LogP contribution in [0.3, 0.4) is 0 Å². The highest BCUT2D eigenvalue weighted by atomic mass is 35.5. The van der Waals surface area contributed by atoms with Crippen LogP contribution in [0.1, 0.15) is 24.9 Å². The van der Waals surface area contributed by atoms with Crippen LogP contribution in [-0.4, -0.2) is 35.6 Å². The molecule has 0 spiro atoms. The fourth-order valence-electron chi connectivity index (χ4n) is 1.50. The first-order valence-corrected chi connectivity index (χ1v) is 6.27. The van der Waals surface area contributed by atoms with Crippen molar-refractivity contribution in [3.63, 3.8) is 0 Å². The zero-order valence-corrected chi connectivity index (χ0v) is 11.6. The van der Waals surface area contributed by atoms with Crippen LogP contribution in [0.25, 0.3) is 0 Å². The first-order chi connectivity index (χ1) is 8.90. The van der Waals surface area contributed by atoms with E-state index in [0.717, 1.165) is 5.56 Å². The molecule has 0 radical (unpaired) electrons. The summed E-state index contributed by atoms with van der Waals surface area (Å²) in [6, 6.07) is 6.72. The number of rotatable bonds is 5. The van der Waals surface area contributed by atoms with E-state index in [1.54, 1.807) is 19.2 Å². The molecule has 1 aromatic rings. The molecule has 19 heavy (non-hydrogen) atoms. The first kappa shape index (κ1) is 15.3. The molecule has 0 heterocycles. The predicted octanol–water partition coefficient (Wildman–Crippen LogP) is 2.52. The average Bonchev–Trinajstić information content (AvgIpc) is 2.36. The number of benzene rings is 1. The molecule has 0 aromatic heterocycles. The number of halogens is 1. The number of carboxylic acids is 1. The van der Waals surface area contributed by atoms with E-state index in [-0.39, 0.29) is 25.0 Å². The molecule has 0 saturated heterocycles. The summed E-state index contributed by atoms with van der Waals surface area (Å²) in [5.41, 5.74) is 0.935. The molecule has 0 bridgehead atoms. The molecular formula is C13H17ClN2O3. The summed E-state index contributed by atoms with van der Waals surface area (Å²) in [6.45, 7) is 2.03. The maximum Gasteiger partial charge on any atom is 0.317 e. The van der Waals surface area contributed by atoms with Crippen molar-refractivity contribution in [2.24, 2.45) is 0 Å². The minimum Gasteiger partial charge on any atom is -0.481 e. The number of nitrogens with one attached hydrogen (secondary N) is 1. The number of urea groups is 1. The summed E-state index contributed by atoms with van der Waals surface area (Å²) >= 11 is 5.79. The molecule has 104 valence electrons. The molecule has 0 aliphatic rings. The molecule has 1 atom stereocenters. The zero-order valence-electron chi connectivity index (χ0n) is 10.9. The summed E-state index contributed by atoms with van der Waals surface area (Å²) in [5, 5.41) is 12.0. The fourth-order valence-corrected chi connectivity index (χ4v) is 1.62. The molecule has 0 aliphatic heterocycles. The van der Waals surface area contributed by atoms with Crippen LogP contribution in [0.4, 0.5) is 4.79 Å². The first-order valence-electron chi connectivity index (χ1n) is 5.89. The van der Waals surface area contributed by atoms with Crippen LogP contribution in [0.5, 0.6) is 0 Å². The van der Waals surface area contributed by atoms with Crippen molar-refractivity contribution in [2.75, 3.05) is 13.6 Å². The summed E-state index contributed by atoms with van der Waals surface area (Å²) in [7, 11) is 1.56. The third kappa shape index (κ3) is 5.18. The van der Waals surface area contributed by atoms with E-state index in [4.69, 9.17) is 16.7 Å². The Kier molecular flexibility index (Phi) is 5.63. The Morgan fingerprint density at radius 2 is 1.95 bits per heavy atom. The molecule has 2 amide bonds. The number of carbonyl (C=O) groups excluding carboxylic acids is 1. The standard InChI is InChI=1S/C13H17ClN2O3/c1-9(10-3-5-11(14)6-4-10)15-13(19)16(2)8-7-12(17)18/h3-6,9H,7-8H2,1-2H3,(H,15,19)(H,17,18)/t9-/m1/s1. The summed E-state index contributed by atoms with van der Waals surface area (Å²) < 4.78 is 0. The van der Waals surface area contributed by atoms with Gasteiger partial charge in [0.2, 0.25) is 0 Å². The van der Waals surface area contributed by atoms with E-state index in [2.05, 4.69) is 5.32 Å². The lowest BCUT2D eigenvalue weighted by Crippen LogP contribution is -2.39. The largest absolute Gasteiger partial charge is 0.481 e. The van der Waals surface area contributed by atoms with Gasteiger partial charge in [0.25, 0.3) is 0 Å². The maximum absolute atomic E-state index is 11.8. The van der Waals surface area contributed by atoms with Gasteiger partial charge < -0.3 is 15.3 Å². The Hall–Kier alpha value is -1.75. The van der Waals surface area contributed by atoms with Crippen molar-refractivity contribution in [2.45, 2.75) is 19.4 Å². The number of hydrogen-bond acceptors (Lipinski definition) is 2. The SMILES string of the molecule is C[C@@H](NC(=O)N(C)CCC(=O)O)c1ccc(Cl)cc1. The molecule has 1 aromatic carbocycles. The Labute approximate surface area is 117 Å². The molecule has 6 heteroatoms. The van der Waals surface area contributed by atoms with Gasteiger partial charge in [0.05, 0.1) is 12.5 Å². The second-order valence-electron chi connectivity index (χ2n) is 4.29. The van der Waals surface area contributed by atoms with Crippen LogP contribution >= 0.6 is 11.6 Å². The van der Waals surface area contributed by atoms with Crippen molar-refractivity contribution in [3.8, 4) is 0 Å². The molecule has 2 N–H and O–H groups in total. The monoisotopic (exact) mass is 284 g/mol. The Bertz CT molecular complexity index is 448. The van der Waals surface area contributed by atoms with Crippen LogP contribution in [0.2, 0.25) is 5.02 Å². The van der Waals surface area contributed by atoms with E-state index in [1.165, 1.54) is 4.90 Å². The van der Waals surface area contributed by atoms with Gasteiger partial charge in [0, 0.05) is 18.6 Å². The second kappa shape index (κ2) is 6.99. The maximum atomic E-state index is 11.8. The van der Waals surface area contributed by atoms with Gasteiger partial charge in [-0.25, -0.2) is 4.79 Å². The second-order valence-corrected chi connectivity index (χ2v) is 4.72. The summed E-state index contributed by atoms with van der Waals surface area (Å²) in [5.74, 6) is -0.926. The van der Waals surface area contributed by atoms with Crippen LogP contribution in [-0.2, 0) is 4.79 Å². The van der Waals surface area contributed by atoms with E-state index < -0.39 is 5.97 Å². The Balaban J connectivity index is 2.51. The summed E-state index contributed by atoms with van der Waals surface area (Å²) in [4.78, 5) is 23.6.